The molecule has 0 bridgehead atoms. The molecule has 0 radical (unpaired) electrons. The average Bonchev–Trinajstić information content (AvgIpc) is 2.62. The molecule has 8 nitrogen and oxygen atoms in total. The zero-order chi connectivity index (χ0) is 17.8. The van der Waals surface area contributed by atoms with Crippen LogP contribution in [0.1, 0.15) is 11.3 Å². The molecule has 1 aliphatic rings. The van der Waals surface area contributed by atoms with E-state index in [1.807, 2.05) is 28.0 Å². The molecule has 1 fully saturated rings. The smallest absolute Gasteiger partial charge is 0.290 e. The maximum absolute atomic E-state index is 12.4. The number of amides is 1. The van der Waals surface area contributed by atoms with E-state index in [0.29, 0.717) is 44.0 Å². The number of anilines is 1. The summed E-state index contributed by atoms with van der Waals surface area (Å²) in [5.41, 5.74) is 1.37. The molecule has 0 aliphatic carbocycles. The van der Waals surface area contributed by atoms with Crippen LogP contribution in [-0.2, 0) is 11.2 Å². The van der Waals surface area contributed by atoms with Crippen LogP contribution in [0.3, 0.4) is 0 Å². The fourth-order valence-electron chi connectivity index (χ4n) is 2.85. The van der Waals surface area contributed by atoms with E-state index >= 15 is 0 Å². The Morgan fingerprint density at radius 1 is 1.24 bits per heavy atom. The van der Waals surface area contributed by atoms with Gasteiger partial charge in [-0.15, -0.1) is 0 Å². The number of piperazine rings is 1. The highest BCUT2D eigenvalue weighted by molar-refractivity contribution is 5.78. The Hall–Kier alpha value is -3.03. The van der Waals surface area contributed by atoms with Crippen LogP contribution in [-0.4, -0.2) is 51.9 Å². The first-order chi connectivity index (χ1) is 12.0. The van der Waals surface area contributed by atoms with Gasteiger partial charge in [-0.25, -0.2) is 4.98 Å². The van der Waals surface area contributed by atoms with Crippen LogP contribution in [0, 0.1) is 17.0 Å². The van der Waals surface area contributed by atoms with Crippen molar-refractivity contribution >= 4 is 17.4 Å². The zero-order valence-electron chi connectivity index (χ0n) is 14.0. The Labute approximate surface area is 145 Å². The minimum Gasteiger partial charge on any atom is -0.353 e. The van der Waals surface area contributed by atoms with Gasteiger partial charge in [0.1, 0.15) is 12.0 Å². The molecule has 1 aliphatic heterocycles. The van der Waals surface area contributed by atoms with Gasteiger partial charge in [-0.2, -0.15) is 0 Å². The number of rotatable bonds is 4. The largest absolute Gasteiger partial charge is 0.353 e. The van der Waals surface area contributed by atoms with Crippen LogP contribution in [0.5, 0.6) is 0 Å². The Kier molecular flexibility index (Phi) is 4.87. The van der Waals surface area contributed by atoms with E-state index in [2.05, 4.69) is 9.97 Å². The average molecular weight is 341 g/mol. The molecular formula is C17H19N5O3. The summed E-state index contributed by atoms with van der Waals surface area (Å²) in [5, 5.41) is 10.9. The van der Waals surface area contributed by atoms with Crippen molar-refractivity contribution < 1.29 is 9.72 Å². The van der Waals surface area contributed by atoms with E-state index in [-0.39, 0.29) is 11.6 Å². The lowest BCUT2D eigenvalue weighted by Crippen LogP contribution is -2.49. The van der Waals surface area contributed by atoms with E-state index in [9.17, 15) is 14.9 Å². The first-order valence-corrected chi connectivity index (χ1v) is 8.08. The summed E-state index contributed by atoms with van der Waals surface area (Å²) < 4.78 is 0. The van der Waals surface area contributed by atoms with E-state index in [0.717, 1.165) is 5.69 Å². The van der Waals surface area contributed by atoms with Gasteiger partial charge in [0.2, 0.25) is 5.91 Å². The zero-order valence-corrected chi connectivity index (χ0v) is 14.0. The number of aromatic nitrogens is 2. The van der Waals surface area contributed by atoms with Crippen molar-refractivity contribution in [1.29, 1.82) is 0 Å². The SMILES string of the molecule is Cc1cc(N2CCN(C(=O)Cc3ccccn3)CC2)ncc1[N+](=O)[O-]. The molecule has 3 heterocycles. The second kappa shape index (κ2) is 7.25. The Bertz CT molecular complexity index is 773. The topological polar surface area (TPSA) is 92.5 Å². The first kappa shape index (κ1) is 16.8. The van der Waals surface area contributed by atoms with Crippen molar-refractivity contribution in [3.8, 4) is 0 Å². The van der Waals surface area contributed by atoms with Gasteiger partial charge in [-0.05, 0) is 25.1 Å². The maximum atomic E-state index is 12.4. The van der Waals surface area contributed by atoms with Crippen LogP contribution < -0.4 is 4.90 Å². The summed E-state index contributed by atoms with van der Waals surface area (Å²) >= 11 is 0. The normalized spacial score (nSPS) is 14.4. The quantitative estimate of drug-likeness (QED) is 0.619. The third-order valence-corrected chi connectivity index (χ3v) is 4.28. The minimum absolute atomic E-state index is 0.0212. The molecule has 0 unspecified atom stereocenters. The standard InChI is InChI=1S/C17H19N5O3/c1-13-10-16(19-12-15(13)22(24)25)20-6-8-21(9-7-20)17(23)11-14-4-2-3-5-18-14/h2-5,10,12H,6-9,11H2,1H3. The molecule has 25 heavy (non-hydrogen) atoms. The van der Waals surface area contributed by atoms with Crippen LogP contribution in [0.15, 0.2) is 36.7 Å². The van der Waals surface area contributed by atoms with Crippen molar-refractivity contribution in [1.82, 2.24) is 14.9 Å². The van der Waals surface area contributed by atoms with E-state index in [1.54, 1.807) is 19.2 Å². The number of pyridine rings is 2. The summed E-state index contributed by atoms with van der Waals surface area (Å²) in [5.74, 6) is 0.770. The minimum atomic E-state index is -0.430. The van der Waals surface area contributed by atoms with Crippen molar-refractivity contribution in [2.24, 2.45) is 0 Å². The molecule has 130 valence electrons. The van der Waals surface area contributed by atoms with Crippen LogP contribution in [0.2, 0.25) is 0 Å². The lowest BCUT2D eigenvalue weighted by molar-refractivity contribution is -0.385. The van der Waals surface area contributed by atoms with Crippen molar-refractivity contribution in [2.75, 3.05) is 31.1 Å². The van der Waals surface area contributed by atoms with Gasteiger partial charge in [-0.3, -0.25) is 19.9 Å². The molecule has 2 aromatic heterocycles. The Balaban J connectivity index is 1.59. The monoisotopic (exact) mass is 341 g/mol. The van der Waals surface area contributed by atoms with Gasteiger partial charge in [0.05, 0.1) is 11.3 Å². The highest BCUT2D eigenvalue weighted by atomic mass is 16.6. The van der Waals surface area contributed by atoms with Crippen molar-refractivity contribution in [3.05, 3.63) is 58.0 Å². The molecule has 8 heteroatoms. The van der Waals surface area contributed by atoms with E-state index in [1.165, 1.54) is 6.20 Å². The third-order valence-electron chi connectivity index (χ3n) is 4.28. The van der Waals surface area contributed by atoms with Gasteiger partial charge < -0.3 is 9.80 Å². The summed E-state index contributed by atoms with van der Waals surface area (Å²) in [4.78, 5) is 35.1. The van der Waals surface area contributed by atoms with Crippen LogP contribution in [0.25, 0.3) is 0 Å². The highest BCUT2D eigenvalue weighted by Gasteiger charge is 2.23. The molecule has 1 amide bonds. The molecule has 0 atom stereocenters. The molecule has 1 saturated heterocycles. The lowest BCUT2D eigenvalue weighted by Gasteiger charge is -2.35. The molecule has 0 spiro atoms. The Morgan fingerprint density at radius 3 is 2.60 bits per heavy atom. The van der Waals surface area contributed by atoms with Crippen LogP contribution >= 0.6 is 0 Å². The summed E-state index contributed by atoms with van der Waals surface area (Å²) in [7, 11) is 0. The fraction of sp³-hybridized carbons (Fsp3) is 0.353. The number of aryl methyl sites for hydroxylation is 1. The second-order valence-corrected chi connectivity index (χ2v) is 5.95. The molecule has 0 N–H and O–H groups in total. The molecule has 0 saturated carbocycles. The number of hydrogen-bond acceptors (Lipinski definition) is 6. The number of carbonyl (C=O) groups excluding carboxylic acids is 1. The lowest BCUT2D eigenvalue weighted by atomic mass is 10.2. The van der Waals surface area contributed by atoms with Gasteiger partial charge in [0.25, 0.3) is 5.69 Å². The Morgan fingerprint density at radius 2 is 2.00 bits per heavy atom. The predicted molar refractivity (Wildman–Crippen MR) is 92.4 cm³/mol. The van der Waals surface area contributed by atoms with Crippen LogP contribution in [0.4, 0.5) is 11.5 Å². The first-order valence-electron chi connectivity index (χ1n) is 8.08. The van der Waals surface area contributed by atoms with E-state index in [4.69, 9.17) is 0 Å². The van der Waals surface area contributed by atoms with Gasteiger partial charge >= 0.3 is 0 Å². The van der Waals surface area contributed by atoms with Gasteiger partial charge in [0.15, 0.2) is 0 Å². The van der Waals surface area contributed by atoms with Gasteiger partial charge in [-0.1, -0.05) is 6.07 Å². The molecule has 0 aromatic carbocycles. The van der Waals surface area contributed by atoms with E-state index < -0.39 is 4.92 Å². The van der Waals surface area contributed by atoms with Crippen molar-refractivity contribution in [3.63, 3.8) is 0 Å². The molecule has 3 rings (SSSR count). The second-order valence-electron chi connectivity index (χ2n) is 5.95. The highest BCUT2D eigenvalue weighted by Crippen LogP contribution is 2.22. The number of nitrogens with zero attached hydrogens (tertiary/aromatic N) is 5. The fourth-order valence-corrected chi connectivity index (χ4v) is 2.85. The summed E-state index contributed by atoms with van der Waals surface area (Å²) in [6, 6.07) is 7.27. The number of nitro groups is 1. The maximum Gasteiger partial charge on any atom is 0.290 e. The molecule has 2 aromatic rings. The predicted octanol–water partition coefficient (Wildman–Crippen LogP) is 1.58. The summed E-state index contributed by atoms with van der Waals surface area (Å²) in [6.45, 7) is 4.21. The summed E-state index contributed by atoms with van der Waals surface area (Å²) in [6.07, 6.45) is 3.28. The molecular weight excluding hydrogens is 322 g/mol. The van der Waals surface area contributed by atoms with Crippen molar-refractivity contribution in [2.45, 2.75) is 13.3 Å². The van der Waals surface area contributed by atoms with Gasteiger partial charge in [0, 0.05) is 43.6 Å². The third kappa shape index (κ3) is 3.90. The number of hydrogen-bond donors (Lipinski definition) is 0. The number of carbonyl (C=O) groups is 1.